The van der Waals surface area contributed by atoms with Crippen LogP contribution in [0.5, 0.6) is 0 Å². The molecule has 4 rings (SSSR count). The van der Waals surface area contributed by atoms with E-state index < -0.39 is 17.2 Å². The number of carbonyl (C=O) groups is 1. The van der Waals surface area contributed by atoms with Crippen molar-refractivity contribution in [2.24, 2.45) is 0 Å². The Morgan fingerprint density at radius 3 is 2.71 bits per heavy atom. The average molecular weight is 396 g/mol. The number of ether oxygens (including phenoxy) is 1. The van der Waals surface area contributed by atoms with E-state index in [1.807, 2.05) is 24.3 Å². The van der Waals surface area contributed by atoms with Crippen LogP contribution < -0.4 is 11.2 Å². The van der Waals surface area contributed by atoms with Gasteiger partial charge in [-0.3, -0.25) is 19.1 Å². The van der Waals surface area contributed by atoms with Crippen LogP contribution in [0.3, 0.4) is 0 Å². The van der Waals surface area contributed by atoms with Crippen molar-refractivity contribution in [1.82, 2.24) is 14.5 Å². The Morgan fingerprint density at radius 1 is 1.11 bits per heavy atom. The highest BCUT2D eigenvalue weighted by atomic mass is 35.5. The quantitative estimate of drug-likeness (QED) is 0.423. The third kappa shape index (κ3) is 3.39. The molecule has 0 radical (unpaired) electrons. The van der Waals surface area contributed by atoms with E-state index in [9.17, 15) is 14.4 Å². The molecule has 2 aromatic heterocycles. The molecule has 2 heterocycles. The van der Waals surface area contributed by atoms with Crippen LogP contribution in [0.4, 0.5) is 0 Å². The molecule has 0 atom stereocenters. The van der Waals surface area contributed by atoms with Gasteiger partial charge in [-0.05, 0) is 24.3 Å². The van der Waals surface area contributed by atoms with Crippen LogP contribution in [-0.2, 0) is 22.7 Å². The SMILES string of the molecule is O=C(Cn1c(=O)[nH]c(=O)c2ccccc21)OCc1cc2ccccc2nc1Cl. The highest BCUT2D eigenvalue weighted by Gasteiger charge is 2.13. The fraction of sp³-hybridized carbons (Fsp3) is 0.100. The molecule has 28 heavy (non-hydrogen) atoms. The number of aromatic amines is 1. The van der Waals surface area contributed by atoms with E-state index in [-0.39, 0.29) is 18.3 Å². The average Bonchev–Trinajstić information content (AvgIpc) is 2.69. The summed E-state index contributed by atoms with van der Waals surface area (Å²) in [5.74, 6) is -0.636. The van der Waals surface area contributed by atoms with Crippen LogP contribution in [-0.4, -0.2) is 20.5 Å². The largest absolute Gasteiger partial charge is 0.459 e. The van der Waals surface area contributed by atoms with Gasteiger partial charge in [0, 0.05) is 10.9 Å². The Morgan fingerprint density at radius 2 is 1.86 bits per heavy atom. The molecule has 2 aromatic carbocycles. The second kappa shape index (κ2) is 7.28. The zero-order chi connectivity index (χ0) is 19.7. The topological polar surface area (TPSA) is 94.1 Å². The molecule has 0 fully saturated rings. The maximum Gasteiger partial charge on any atom is 0.329 e. The molecule has 7 nitrogen and oxygen atoms in total. The summed E-state index contributed by atoms with van der Waals surface area (Å²) in [5, 5.41) is 1.44. The lowest BCUT2D eigenvalue weighted by Gasteiger charge is -2.10. The molecular formula is C20H14ClN3O4. The molecule has 0 saturated heterocycles. The molecule has 140 valence electrons. The summed E-state index contributed by atoms with van der Waals surface area (Å²) in [5.41, 5.74) is 0.491. The Kier molecular flexibility index (Phi) is 4.67. The van der Waals surface area contributed by atoms with Gasteiger partial charge in [0.2, 0.25) is 0 Å². The fourth-order valence-corrected chi connectivity index (χ4v) is 3.17. The van der Waals surface area contributed by atoms with Crippen molar-refractivity contribution in [2.45, 2.75) is 13.2 Å². The number of pyridine rings is 1. The number of H-pyrrole nitrogens is 1. The number of aromatic nitrogens is 3. The molecule has 0 spiro atoms. The number of halogens is 1. The number of benzene rings is 2. The minimum atomic E-state index is -0.675. The van der Waals surface area contributed by atoms with Gasteiger partial charge in [-0.1, -0.05) is 41.9 Å². The van der Waals surface area contributed by atoms with Gasteiger partial charge in [-0.25, -0.2) is 9.78 Å². The third-order valence-electron chi connectivity index (χ3n) is 4.33. The van der Waals surface area contributed by atoms with E-state index in [1.165, 1.54) is 4.57 Å². The Balaban J connectivity index is 1.56. The number of nitrogens with zero attached hydrogens (tertiary/aromatic N) is 2. The van der Waals surface area contributed by atoms with Crippen LogP contribution >= 0.6 is 11.6 Å². The van der Waals surface area contributed by atoms with Crippen LogP contribution in [0, 0.1) is 0 Å². The van der Waals surface area contributed by atoms with E-state index >= 15 is 0 Å². The number of esters is 1. The Labute approximate surface area is 163 Å². The standard InChI is InChI=1S/C20H14ClN3O4/c21-18-13(9-12-5-1-3-7-15(12)22-18)11-28-17(25)10-24-16-8-4-2-6-14(16)19(26)23-20(24)27/h1-9H,10-11H2,(H,23,26,27). The van der Waals surface area contributed by atoms with Crippen molar-refractivity contribution < 1.29 is 9.53 Å². The van der Waals surface area contributed by atoms with Crippen LogP contribution in [0.1, 0.15) is 5.56 Å². The summed E-state index contributed by atoms with van der Waals surface area (Å²) in [4.78, 5) is 42.8. The first kappa shape index (κ1) is 17.9. The normalized spacial score (nSPS) is 11.0. The summed E-state index contributed by atoms with van der Waals surface area (Å²) in [7, 11) is 0. The number of carbonyl (C=O) groups excluding carboxylic acids is 1. The lowest BCUT2D eigenvalue weighted by molar-refractivity contribution is -0.145. The maximum atomic E-state index is 12.3. The molecule has 0 aliphatic rings. The van der Waals surface area contributed by atoms with Crippen molar-refractivity contribution in [3.8, 4) is 0 Å². The van der Waals surface area contributed by atoms with Crippen LogP contribution in [0.15, 0.2) is 64.2 Å². The summed E-state index contributed by atoms with van der Waals surface area (Å²) in [6.07, 6.45) is 0. The van der Waals surface area contributed by atoms with Crippen molar-refractivity contribution in [3.05, 3.63) is 86.2 Å². The number of nitrogens with one attached hydrogen (secondary N) is 1. The summed E-state index contributed by atoms with van der Waals surface area (Å²) >= 11 is 6.17. The van der Waals surface area contributed by atoms with Gasteiger partial charge < -0.3 is 4.74 Å². The highest BCUT2D eigenvalue weighted by Crippen LogP contribution is 2.21. The molecule has 0 saturated carbocycles. The van der Waals surface area contributed by atoms with Crippen LogP contribution in [0.2, 0.25) is 5.15 Å². The summed E-state index contributed by atoms with van der Waals surface area (Å²) in [6, 6.07) is 15.8. The predicted molar refractivity (Wildman–Crippen MR) is 105 cm³/mol. The Bertz CT molecular complexity index is 1330. The first-order chi connectivity index (χ1) is 13.5. The van der Waals surface area contributed by atoms with Gasteiger partial charge in [0.1, 0.15) is 18.3 Å². The number of rotatable bonds is 4. The minimum absolute atomic E-state index is 0.0778. The molecular weight excluding hydrogens is 382 g/mol. The van der Waals surface area contributed by atoms with E-state index in [4.69, 9.17) is 16.3 Å². The molecule has 0 bridgehead atoms. The molecule has 0 unspecified atom stereocenters. The molecule has 8 heteroatoms. The van der Waals surface area contributed by atoms with E-state index in [0.29, 0.717) is 16.5 Å². The van der Waals surface area contributed by atoms with Gasteiger partial charge in [0.25, 0.3) is 5.56 Å². The molecule has 0 aliphatic carbocycles. The molecule has 0 aliphatic heterocycles. The van der Waals surface area contributed by atoms with Crippen LogP contribution in [0.25, 0.3) is 21.8 Å². The second-order valence-corrected chi connectivity index (χ2v) is 6.51. The third-order valence-corrected chi connectivity index (χ3v) is 4.66. The molecule has 4 aromatic rings. The number of hydrogen-bond donors (Lipinski definition) is 1. The van der Waals surface area contributed by atoms with Crippen molar-refractivity contribution in [1.29, 1.82) is 0 Å². The first-order valence-electron chi connectivity index (χ1n) is 8.44. The predicted octanol–water partition coefficient (Wildman–Crippen LogP) is 2.63. The van der Waals surface area contributed by atoms with Crippen molar-refractivity contribution >= 4 is 39.4 Å². The van der Waals surface area contributed by atoms with E-state index in [2.05, 4.69) is 9.97 Å². The van der Waals surface area contributed by atoms with Gasteiger partial charge in [-0.2, -0.15) is 0 Å². The van der Waals surface area contributed by atoms with Gasteiger partial charge in [-0.15, -0.1) is 0 Å². The van der Waals surface area contributed by atoms with Gasteiger partial charge in [0.05, 0.1) is 16.4 Å². The van der Waals surface area contributed by atoms with Crippen molar-refractivity contribution in [2.75, 3.05) is 0 Å². The molecule has 1 N–H and O–H groups in total. The van der Waals surface area contributed by atoms with Gasteiger partial charge in [0.15, 0.2) is 0 Å². The monoisotopic (exact) mass is 395 g/mol. The summed E-state index contributed by atoms with van der Waals surface area (Å²) in [6.45, 7) is -0.416. The second-order valence-electron chi connectivity index (χ2n) is 6.15. The van der Waals surface area contributed by atoms with E-state index in [1.54, 1.807) is 30.3 Å². The lowest BCUT2D eigenvalue weighted by Crippen LogP contribution is -2.32. The summed E-state index contributed by atoms with van der Waals surface area (Å²) < 4.78 is 6.45. The van der Waals surface area contributed by atoms with E-state index in [0.717, 1.165) is 10.9 Å². The van der Waals surface area contributed by atoms with Gasteiger partial charge >= 0.3 is 11.7 Å². The zero-order valence-electron chi connectivity index (χ0n) is 14.5. The number of fused-ring (bicyclic) bond motifs is 2. The molecule has 0 amide bonds. The smallest absolute Gasteiger partial charge is 0.329 e. The van der Waals surface area contributed by atoms with Crippen molar-refractivity contribution in [3.63, 3.8) is 0 Å². The maximum absolute atomic E-state index is 12.3. The fourth-order valence-electron chi connectivity index (χ4n) is 2.97. The Hall–Kier alpha value is -3.45. The number of para-hydroxylation sites is 2. The first-order valence-corrected chi connectivity index (χ1v) is 8.82. The highest BCUT2D eigenvalue weighted by molar-refractivity contribution is 6.30. The minimum Gasteiger partial charge on any atom is -0.459 e. The zero-order valence-corrected chi connectivity index (χ0v) is 15.3. The lowest BCUT2D eigenvalue weighted by atomic mass is 10.2. The number of hydrogen-bond acceptors (Lipinski definition) is 5.